The van der Waals surface area contributed by atoms with E-state index < -0.39 is 18.8 Å². The molecule has 2 atom stereocenters. The van der Waals surface area contributed by atoms with Gasteiger partial charge < -0.3 is 25.3 Å². The van der Waals surface area contributed by atoms with E-state index in [4.69, 9.17) is 26.5 Å². The zero-order valence-electron chi connectivity index (χ0n) is 28.1. The van der Waals surface area contributed by atoms with Gasteiger partial charge in [-0.15, -0.1) is 11.3 Å². The molecule has 276 valence electrons. The second kappa shape index (κ2) is 20.2. The maximum Gasteiger partial charge on any atom is 0.405 e. The number of benzene rings is 2. The van der Waals surface area contributed by atoms with Gasteiger partial charge in [0.15, 0.2) is 0 Å². The Hall–Kier alpha value is -3.95. The number of primary amides is 1. The number of β-amino-alcohol motifs (C(OH)–C–C–N with tert-alkyl or cyclic N) is 1. The molecule has 2 amide bonds. The van der Waals surface area contributed by atoms with Crippen molar-refractivity contribution in [1.82, 2.24) is 20.1 Å². The summed E-state index contributed by atoms with van der Waals surface area (Å²) in [5, 5.41) is 12.8. The fraction of sp³-hybridized carbons (Fsp3) is 0.417. The highest BCUT2D eigenvalue weighted by molar-refractivity contribution is 7.09. The summed E-state index contributed by atoms with van der Waals surface area (Å²) in [6.07, 6.45) is 0.124. The molecule has 0 radical (unpaired) electrons. The second-order valence-corrected chi connectivity index (χ2v) is 13.6. The van der Waals surface area contributed by atoms with Crippen molar-refractivity contribution in [2.45, 2.75) is 44.5 Å². The molecule has 0 bridgehead atoms. The highest BCUT2D eigenvalue weighted by Crippen LogP contribution is 2.25. The number of carbonyl (C=O) groups excluding carboxylic acids is 2. The Labute approximate surface area is 304 Å². The number of ether oxygens (including phenoxy) is 1. The number of hydrogen-bond acceptors (Lipinski definition) is 9. The van der Waals surface area contributed by atoms with E-state index in [1.807, 2.05) is 48.5 Å². The molecule has 15 heteroatoms. The zero-order chi connectivity index (χ0) is 36.6. The lowest BCUT2D eigenvalue weighted by molar-refractivity contribution is -0.132. The van der Waals surface area contributed by atoms with Crippen LogP contribution in [-0.2, 0) is 29.0 Å². The summed E-state index contributed by atoms with van der Waals surface area (Å²) in [6.45, 7) is 4.43. The van der Waals surface area contributed by atoms with Crippen molar-refractivity contribution in [3.63, 3.8) is 0 Å². The van der Waals surface area contributed by atoms with Gasteiger partial charge in [0.25, 0.3) is 0 Å². The molecule has 2 aromatic carbocycles. The number of nitrogens with two attached hydrogens (primary N) is 1. The molecular formula is C36H43ClF3N5O5S. The van der Waals surface area contributed by atoms with Gasteiger partial charge in [-0.3, -0.25) is 24.4 Å². The third kappa shape index (κ3) is 14.3. The molecule has 2 aromatic heterocycles. The molecule has 0 aliphatic carbocycles. The largest absolute Gasteiger partial charge is 0.493 e. The average molecular weight is 750 g/mol. The number of fused-ring (bicyclic) bond motifs is 1. The summed E-state index contributed by atoms with van der Waals surface area (Å²) in [5.74, 6) is 2.10. The van der Waals surface area contributed by atoms with Gasteiger partial charge in [0.1, 0.15) is 23.8 Å². The van der Waals surface area contributed by atoms with Crippen LogP contribution in [0.5, 0.6) is 5.75 Å². The minimum absolute atomic E-state index is 0.00743. The summed E-state index contributed by atoms with van der Waals surface area (Å²) >= 11 is 7.47. The van der Waals surface area contributed by atoms with Crippen molar-refractivity contribution >= 4 is 35.3 Å². The quantitative estimate of drug-likeness (QED) is 0.160. The number of rotatable bonds is 12. The number of thiazole rings is 1. The van der Waals surface area contributed by atoms with Crippen LogP contribution in [0.3, 0.4) is 0 Å². The molecule has 4 N–H and O–H groups in total. The Balaban J connectivity index is 0.000000263. The number of para-hydroxylation sites is 1. The van der Waals surface area contributed by atoms with E-state index in [1.165, 1.54) is 28.6 Å². The van der Waals surface area contributed by atoms with Crippen LogP contribution in [0.4, 0.5) is 13.2 Å². The molecule has 0 saturated carbocycles. The second-order valence-electron chi connectivity index (χ2n) is 12.2. The van der Waals surface area contributed by atoms with E-state index in [0.717, 1.165) is 73.5 Å². The van der Waals surface area contributed by atoms with E-state index in [-0.39, 0.29) is 18.2 Å². The maximum absolute atomic E-state index is 11.8. The van der Waals surface area contributed by atoms with Crippen molar-refractivity contribution in [3.05, 3.63) is 93.6 Å². The van der Waals surface area contributed by atoms with Gasteiger partial charge in [-0.05, 0) is 73.7 Å². The average Bonchev–Trinajstić information content (AvgIpc) is 3.81. The Morgan fingerprint density at radius 1 is 1.08 bits per heavy atom. The number of piperazine rings is 1. The van der Waals surface area contributed by atoms with Gasteiger partial charge in [-0.1, -0.05) is 29.8 Å². The van der Waals surface area contributed by atoms with Crippen molar-refractivity contribution in [2.24, 2.45) is 11.7 Å². The number of hydrogen-bond donors (Lipinski definition) is 3. The lowest BCUT2D eigenvalue weighted by atomic mass is 9.96. The van der Waals surface area contributed by atoms with Crippen molar-refractivity contribution in [1.29, 1.82) is 0 Å². The van der Waals surface area contributed by atoms with Crippen LogP contribution in [0.1, 0.15) is 29.0 Å². The molecule has 4 aromatic rings. The van der Waals surface area contributed by atoms with Gasteiger partial charge in [-0.2, -0.15) is 13.2 Å². The molecule has 10 nitrogen and oxygen atoms in total. The molecule has 6 rings (SSSR count). The summed E-state index contributed by atoms with van der Waals surface area (Å²) in [5.41, 5.74) is 9.68. The molecule has 2 aliphatic heterocycles. The monoisotopic (exact) mass is 749 g/mol. The summed E-state index contributed by atoms with van der Waals surface area (Å²) in [7, 11) is 0. The number of carbonyl (C=O) groups is 2. The SMILES string of the molecule is NC(=O)[C@H](Cc1cncs1)C[C@H](O)CN1CCN(Cc2ccc(-c3ccc(Cl)cc3)o2)CC1.O=CNCC(F)(F)F.c1ccc2c(c1)CCCO2. The Kier molecular flexibility index (Phi) is 15.8. The molecule has 51 heavy (non-hydrogen) atoms. The zero-order valence-corrected chi connectivity index (χ0v) is 29.6. The van der Waals surface area contributed by atoms with Crippen molar-refractivity contribution in [3.8, 4) is 17.1 Å². The van der Waals surface area contributed by atoms with E-state index in [9.17, 15) is 27.9 Å². The molecule has 2 aliphatic rings. The van der Waals surface area contributed by atoms with Gasteiger partial charge in [0, 0.05) is 60.3 Å². The van der Waals surface area contributed by atoms with E-state index in [2.05, 4.69) is 26.9 Å². The smallest absolute Gasteiger partial charge is 0.405 e. The number of nitrogens with zero attached hydrogens (tertiary/aromatic N) is 3. The van der Waals surface area contributed by atoms with E-state index in [0.29, 0.717) is 24.4 Å². The number of alkyl halides is 3. The van der Waals surface area contributed by atoms with Crippen LogP contribution >= 0.6 is 22.9 Å². The van der Waals surface area contributed by atoms with Crippen molar-refractivity contribution in [2.75, 3.05) is 45.9 Å². The highest BCUT2D eigenvalue weighted by Gasteiger charge is 2.26. The summed E-state index contributed by atoms with van der Waals surface area (Å²) in [6, 6.07) is 19.9. The molecule has 1 fully saturated rings. The summed E-state index contributed by atoms with van der Waals surface area (Å²) in [4.78, 5) is 30.7. The topological polar surface area (TPSA) is 134 Å². The lowest BCUT2D eigenvalue weighted by Crippen LogP contribution is -2.48. The minimum atomic E-state index is -4.29. The van der Waals surface area contributed by atoms with Gasteiger partial charge >= 0.3 is 6.18 Å². The van der Waals surface area contributed by atoms with Crippen molar-refractivity contribution < 1.29 is 37.0 Å². The van der Waals surface area contributed by atoms with Gasteiger partial charge in [0.05, 0.1) is 24.8 Å². The summed E-state index contributed by atoms with van der Waals surface area (Å²) < 4.78 is 44.5. The van der Waals surface area contributed by atoms with E-state index >= 15 is 0 Å². The minimum Gasteiger partial charge on any atom is -0.493 e. The molecular weight excluding hydrogens is 707 g/mol. The molecule has 1 saturated heterocycles. The van der Waals surface area contributed by atoms with E-state index in [1.54, 1.807) is 11.7 Å². The number of halogens is 4. The van der Waals surface area contributed by atoms with Crippen LogP contribution in [0.15, 0.2) is 76.8 Å². The first-order valence-corrected chi connectivity index (χ1v) is 17.8. The number of aliphatic hydroxyl groups excluding tert-OH is 1. The number of aliphatic hydroxyl groups is 1. The standard InChI is InChI=1S/C24H29ClN4O3S.C9H10O.C3H4F3NO/c25-19-3-1-17(2-4-19)23-6-5-21(32-23)15-29-9-7-28(8-10-29)14-20(30)11-18(24(26)31)12-22-13-27-16-33-22;1-2-6-9-8(4-1)5-3-7-10-9;4-3(5,6)1-7-2-8/h1-6,13,16,18,20,30H,7-12,14-15H2,(H2,26,31);1-2,4,6H,3,5,7H2;2H,1H2,(H,7,8)/t18-,20-;;/m0../s1. The number of furan rings is 1. The molecule has 4 heterocycles. The number of amides is 2. The lowest BCUT2D eigenvalue weighted by Gasteiger charge is -2.35. The first-order valence-electron chi connectivity index (χ1n) is 16.6. The third-order valence-electron chi connectivity index (χ3n) is 8.20. The van der Waals surface area contributed by atoms with Crippen LogP contribution in [0, 0.1) is 5.92 Å². The van der Waals surface area contributed by atoms with Gasteiger partial charge in [0.2, 0.25) is 12.3 Å². The fourth-order valence-corrected chi connectivity index (χ4v) is 6.42. The van der Waals surface area contributed by atoms with Crippen LogP contribution < -0.4 is 15.8 Å². The Morgan fingerprint density at radius 2 is 1.80 bits per heavy atom. The van der Waals surface area contributed by atoms with Crippen LogP contribution in [-0.4, -0.2) is 90.4 Å². The normalized spacial score (nSPS) is 15.9. The number of aromatic nitrogens is 1. The predicted octanol–water partition coefficient (Wildman–Crippen LogP) is 5.58. The maximum atomic E-state index is 11.8. The third-order valence-corrected chi connectivity index (χ3v) is 9.25. The first kappa shape index (κ1) is 39.8. The highest BCUT2D eigenvalue weighted by atomic mass is 35.5. The molecule has 0 unspecified atom stereocenters. The fourth-order valence-electron chi connectivity index (χ4n) is 5.62. The number of nitrogens with one attached hydrogen (secondary N) is 1. The van der Waals surface area contributed by atoms with Gasteiger partial charge in [-0.25, -0.2) is 0 Å². The van der Waals surface area contributed by atoms with Crippen LogP contribution in [0.25, 0.3) is 11.3 Å². The Bertz CT molecular complexity index is 1590. The number of aryl methyl sites for hydroxylation is 1. The Morgan fingerprint density at radius 3 is 2.43 bits per heavy atom. The predicted molar refractivity (Wildman–Crippen MR) is 190 cm³/mol. The molecule has 0 spiro atoms. The van der Waals surface area contributed by atoms with Crippen LogP contribution in [0.2, 0.25) is 5.02 Å². The first-order chi connectivity index (χ1) is 24.5.